The van der Waals surface area contributed by atoms with Gasteiger partial charge in [0.2, 0.25) is 5.91 Å². The molecule has 2 aliphatic rings. The number of amidine groups is 1. The van der Waals surface area contributed by atoms with Gasteiger partial charge in [-0.15, -0.1) is 0 Å². The van der Waals surface area contributed by atoms with Crippen molar-refractivity contribution in [1.82, 2.24) is 4.90 Å². The Bertz CT molecular complexity index is 877. The predicted octanol–water partition coefficient (Wildman–Crippen LogP) is 2.31. The normalized spacial score (nSPS) is 18.9. The monoisotopic (exact) mass is 418 g/mol. The average molecular weight is 418 g/mol. The molecule has 1 aromatic carbocycles. The molecule has 0 saturated carbocycles. The summed E-state index contributed by atoms with van der Waals surface area (Å²) >= 11 is 1.47. The number of amides is 1. The van der Waals surface area contributed by atoms with Crippen molar-refractivity contribution in [3.63, 3.8) is 0 Å². The third-order valence-corrected chi connectivity index (χ3v) is 5.55. The van der Waals surface area contributed by atoms with E-state index in [2.05, 4.69) is 4.99 Å². The molecule has 8 nitrogen and oxygen atoms in total. The molecular weight excluding hydrogens is 396 g/mol. The van der Waals surface area contributed by atoms with E-state index in [-0.39, 0.29) is 19.1 Å². The van der Waals surface area contributed by atoms with Gasteiger partial charge in [0, 0.05) is 19.3 Å². The van der Waals surface area contributed by atoms with Crippen molar-refractivity contribution in [2.24, 2.45) is 4.99 Å². The first kappa shape index (κ1) is 21.1. The van der Waals surface area contributed by atoms with Gasteiger partial charge < -0.3 is 14.2 Å². The molecule has 0 N–H and O–H groups in total. The van der Waals surface area contributed by atoms with Gasteiger partial charge in [-0.05, 0) is 24.6 Å². The summed E-state index contributed by atoms with van der Waals surface area (Å²) in [5.74, 6) is -0.478. The van der Waals surface area contributed by atoms with E-state index < -0.39 is 18.0 Å². The molecule has 1 saturated heterocycles. The minimum Gasteiger partial charge on any atom is -0.465 e. The van der Waals surface area contributed by atoms with E-state index in [1.165, 1.54) is 26.0 Å². The number of benzene rings is 1. The number of aliphatic imine (C=N–C) groups is 1. The number of allylic oxidation sites excluding steroid dienone is 1. The second-order valence-electron chi connectivity index (χ2n) is 6.40. The molecule has 0 radical (unpaired) electrons. The lowest BCUT2D eigenvalue weighted by atomic mass is 9.93. The smallest absolute Gasteiger partial charge is 0.338 e. The first-order chi connectivity index (χ1) is 14.0. The molecule has 29 heavy (non-hydrogen) atoms. The molecular formula is C20H22N2O6S. The van der Waals surface area contributed by atoms with Crippen LogP contribution in [0.5, 0.6) is 0 Å². The molecule has 154 valence electrons. The van der Waals surface area contributed by atoms with Crippen LogP contribution in [0, 0.1) is 0 Å². The largest absolute Gasteiger partial charge is 0.465 e. The van der Waals surface area contributed by atoms with Gasteiger partial charge in [-0.3, -0.25) is 9.69 Å². The van der Waals surface area contributed by atoms with Crippen LogP contribution in [0.2, 0.25) is 0 Å². The van der Waals surface area contributed by atoms with E-state index in [0.29, 0.717) is 39.7 Å². The highest BCUT2D eigenvalue weighted by molar-refractivity contribution is 8.14. The zero-order chi connectivity index (χ0) is 21.0. The van der Waals surface area contributed by atoms with Crippen LogP contribution in [0.4, 0.5) is 0 Å². The highest BCUT2D eigenvalue weighted by atomic mass is 32.2. The van der Waals surface area contributed by atoms with Crippen molar-refractivity contribution < 1.29 is 28.6 Å². The Morgan fingerprint density at radius 2 is 1.90 bits per heavy atom. The molecule has 9 heteroatoms. The molecule has 3 rings (SSSR count). The Labute approximate surface area is 172 Å². The van der Waals surface area contributed by atoms with Gasteiger partial charge in [0.15, 0.2) is 5.17 Å². The SMILES string of the molecule is COCCOC(=O)C1=C(C)N=C2SCCC(=O)N2[C@@H]1c1ccc(C(=O)OC)cc1. The zero-order valence-electron chi connectivity index (χ0n) is 16.5. The summed E-state index contributed by atoms with van der Waals surface area (Å²) in [6.45, 7) is 2.09. The Morgan fingerprint density at radius 3 is 2.55 bits per heavy atom. The molecule has 1 atom stereocenters. The lowest BCUT2D eigenvalue weighted by molar-refractivity contribution is -0.141. The molecule has 0 unspecified atom stereocenters. The Kier molecular flexibility index (Phi) is 6.71. The first-order valence-electron chi connectivity index (χ1n) is 9.06. The number of hydrogen-bond acceptors (Lipinski definition) is 8. The summed E-state index contributed by atoms with van der Waals surface area (Å²) < 4.78 is 15.0. The van der Waals surface area contributed by atoms with E-state index in [1.807, 2.05) is 0 Å². The molecule has 0 aliphatic carbocycles. The van der Waals surface area contributed by atoms with Gasteiger partial charge in [-0.25, -0.2) is 14.6 Å². The number of nitrogens with zero attached hydrogens (tertiary/aromatic N) is 2. The van der Waals surface area contributed by atoms with Crippen molar-refractivity contribution in [1.29, 1.82) is 0 Å². The summed E-state index contributed by atoms with van der Waals surface area (Å²) in [5, 5.41) is 0.564. The standard InChI is InChI=1S/C20H22N2O6S/c1-12-16(19(25)28-10-9-26-2)17(22-15(23)8-11-29-20(22)21-12)13-4-6-14(7-5-13)18(24)27-3/h4-7,17H,8-11H2,1-3H3/t17-/m1/s1. The Morgan fingerprint density at radius 1 is 1.17 bits per heavy atom. The van der Waals surface area contributed by atoms with E-state index >= 15 is 0 Å². The fourth-order valence-corrected chi connectivity index (χ4v) is 4.19. The Balaban J connectivity index is 2.02. The first-order valence-corrected chi connectivity index (χ1v) is 10.0. The lowest BCUT2D eigenvalue weighted by Crippen LogP contribution is -2.45. The molecule has 2 aliphatic heterocycles. The number of carbonyl (C=O) groups excluding carboxylic acids is 3. The maximum atomic E-state index is 12.8. The number of methoxy groups -OCH3 is 2. The minimum atomic E-state index is -0.676. The number of rotatable bonds is 6. The van der Waals surface area contributed by atoms with Crippen LogP contribution >= 0.6 is 11.8 Å². The molecule has 0 aromatic heterocycles. The number of fused-ring (bicyclic) bond motifs is 1. The Hall–Kier alpha value is -2.65. The zero-order valence-corrected chi connectivity index (χ0v) is 17.3. The maximum absolute atomic E-state index is 12.8. The highest BCUT2D eigenvalue weighted by Crippen LogP contribution is 2.40. The van der Waals surface area contributed by atoms with E-state index in [0.717, 1.165) is 0 Å². The maximum Gasteiger partial charge on any atom is 0.338 e. The number of hydrogen-bond donors (Lipinski definition) is 0. The highest BCUT2D eigenvalue weighted by Gasteiger charge is 2.41. The lowest BCUT2D eigenvalue weighted by Gasteiger charge is -2.38. The van der Waals surface area contributed by atoms with Crippen LogP contribution in [-0.4, -0.2) is 61.1 Å². The number of thioether (sulfide) groups is 1. The van der Waals surface area contributed by atoms with Crippen molar-refractivity contribution in [3.8, 4) is 0 Å². The second kappa shape index (κ2) is 9.23. The molecule has 0 spiro atoms. The average Bonchev–Trinajstić information content (AvgIpc) is 2.72. The summed E-state index contributed by atoms with van der Waals surface area (Å²) in [5.41, 5.74) is 1.86. The molecule has 1 aromatic rings. The molecule has 0 bridgehead atoms. The van der Waals surface area contributed by atoms with Gasteiger partial charge >= 0.3 is 11.9 Å². The number of esters is 2. The quantitative estimate of drug-likeness (QED) is 0.517. The second-order valence-corrected chi connectivity index (χ2v) is 7.46. The summed E-state index contributed by atoms with van der Waals surface area (Å²) in [7, 11) is 2.83. The van der Waals surface area contributed by atoms with Crippen molar-refractivity contribution >= 4 is 34.8 Å². The van der Waals surface area contributed by atoms with E-state index in [4.69, 9.17) is 14.2 Å². The van der Waals surface area contributed by atoms with Crippen LogP contribution in [0.25, 0.3) is 0 Å². The molecule has 1 amide bonds. The summed E-state index contributed by atoms with van der Waals surface area (Å²) in [6.07, 6.45) is 0.353. The van der Waals surface area contributed by atoms with Crippen molar-refractivity contribution in [2.75, 3.05) is 33.2 Å². The van der Waals surface area contributed by atoms with Crippen molar-refractivity contribution in [3.05, 3.63) is 46.7 Å². The third-order valence-electron chi connectivity index (χ3n) is 4.59. The van der Waals surface area contributed by atoms with E-state index in [9.17, 15) is 14.4 Å². The summed E-state index contributed by atoms with van der Waals surface area (Å²) in [4.78, 5) is 43.3. The van der Waals surface area contributed by atoms with Gasteiger partial charge in [0.25, 0.3) is 0 Å². The van der Waals surface area contributed by atoms with E-state index in [1.54, 1.807) is 36.1 Å². The van der Waals surface area contributed by atoms with Crippen LogP contribution in [0.15, 0.2) is 40.5 Å². The van der Waals surface area contributed by atoms with Gasteiger partial charge in [0.05, 0.1) is 36.6 Å². The predicted molar refractivity (Wildman–Crippen MR) is 107 cm³/mol. The van der Waals surface area contributed by atoms with Gasteiger partial charge in [0.1, 0.15) is 6.61 Å². The van der Waals surface area contributed by atoms with Crippen LogP contribution in [0.3, 0.4) is 0 Å². The van der Waals surface area contributed by atoms with Crippen LogP contribution in [0.1, 0.15) is 35.3 Å². The van der Waals surface area contributed by atoms with Crippen LogP contribution < -0.4 is 0 Å². The van der Waals surface area contributed by atoms with Gasteiger partial charge in [-0.1, -0.05) is 23.9 Å². The number of carbonyl (C=O) groups is 3. The van der Waals surface area contributed by atoms with Crippen molar-refractivity contribution in [2.45, 2.75) is 19.4 Å². The fourth-order valence-electron chi connectivity index (χ4n) is 3.19. The van der Waals surface area contributed by atoms with Gasteiger partial charge in [-0.2, -0.15) is 0 Å². The fraction of sp³-hybridized carbons (Fsp3) is 0.400. The number of ether oxygens (including phenoxy) is 3. The third kappa shape index (κ3) is 4.35. The summed E-state index contributed by atoms with van der Waals surface area (Å²) in [6, 6.07) is 5.96. The minimum absolute atomic E-state index is 0.0966. The topological polar surface area (TPSA) is 94.5 Å². The van der Waals surface area contributed by atoms with Crippen LogP contribution in [-0.2, 0) is 23.8 Å². The molecule has 1 fully saturated rings. The molecule has 2 heterocycles.